The molecule has 0 atom stereocenters. The fourth-order valence-electron chi connectivity index (χ4n) is 3.48. The molecule has 4 heterocycles. The van der Waals surface area contributed by atoms with E-state index in [4.69, 9.17) is 4.74 Å². The summed E-state index contributed by atoms with van der Waals surface area (Å²) in [6.45, 7) is 6.33. The van der Waals surface area contributed by atoms with Crippen LogP contribution in [0.3, 0.4) is 0 Å². The Morgan fingerprint density at radius 3 is 2.50 bits per heavy atom. The summed E-state index contributed by atoms with van der Waals surface area (Å²) < 4.78 is 19.1. The van der Waals surface area contributed by atoms with Gasteiger partial charge < -0.3 is 10.1 Å². The first-order valence-corrected chi connectivity index (χ1v) is 11.5. The molecule has 10 heteroatoms. The first-order valence-electron chi connectivity index (χ1n) is 10.7. The number of pyridine rings is 1. The van der Waals surface area contributed by atoms with Crippen molar-refractivity contribution in [3.63, 3.8) is 0 Å². The van der Waals surface area contributed by atoms with Crippen LogP contribution < -0.4 is 5.32 Å². The zero-order valence-electron chi connectivity index (χ0n) is 19.0. The van der Waals surface area contributed by atoms with Gasteiger partial charge in [0.1, 0.15) is 0 Å². The van der Waals surface area contributed by atoms with Crippen molar-refractivity contribution in [3.05, 3.63) is 59.8 Å². The predicted molar refractivity (Wildman–Crippen MR) is 128 cm³/mol. The van der Waals surface area contributed by atoms with Crippen LogP contribution in [0.2, 0.25) is 0 Å². The van der Waals surface area contributed by atoms with E-state index in [-0.39, 0.29) is 24.9 Å². The average molecular weight is 482 g/mol. The Balaban J connectivity index is 0.000000408. The molecule has 1 aromatic carbocycles. The fourth-order valence-corrected chi connectivity index (χ4v) is 4.40. The number of ether oxygens (including phenoxy) is 1. The van der Waals surface area contributed by atoms with Gasteiger partial charge in [0.25, 0.3) is 0 Å². The van der Waals surface area contributed by atoms with Crippen molar-refractivity contribution in [2.24, 2.45) is 0 Å². The Kier molecular flexibility index (Phi) is 7.20. The molecule has 1 N–H and O–H groups in total. The number of carbonyl (C=O) groups excluding carboxylic acids is 1. The van der Waals surface area contributed by atoms with E-state index >= 15 is 0 Å². The van der Waals surface area contributed by atoms with Gasteiger partial charge in [-0.25, -0.2) is 15.0 Å². The van der Waals surface area contributed by atoms with E-state index in [2.05, 4.69) is 36.3 Å². The number of amides is 1. The highest BCUT2D eigenvalue weighted by atomic mass is 32.1. The molecule has 5 rings (SSSR count). The maximum Gasteiger partial charge on any atom is 0.216 e. The first kappa shape index (κ1) is 23.8. The Labute approximate surface area is 200 Å². The second kappa shape index (κ2) is 10.3. The monoisotopic (exact) mass is 481 g/mol. The molecule has 176 valence electrons. The lowest BCUT2D eigenvalue weighted by Crippen LogP contribution is -2.48. The van der Waals surface area contributed by atoms with Gasteiger partial charge in [0, 0.05) is 43.2 Å². The van der Waals surface area contributed by atoms with Crippen molar-refractivity contribution in [3.8, 4) is 22.4 Å². The van der Waals surface area contributed by atoms with Crippen LogP contribution in [-0.4, -0.2) is 45.6 Å². The van der Waals surface area contributed by atoms with Crippen molar-refractivity contribution in [1.29, 1.82) is 0 Å². The molecule has 0 aliphatic carbocycles. The van der Waals surface area contributed by atoms with Crippen LogP contribution >= 0.6 is 11.3 Å². The van der Waals surface area contributed by atoms with E-state index in [0.29, 0.717) is 0 Å². The highest BCUT2D eigenvalue weighted by Crippen LogP contribution is 2.37. The van der Waals surface area contributed by atoms with Crippen LogP contribution in [0.1, 0.15) is 24.7 Å². The van der Waals surface area contributed by atoms with E-state index in [1.54, 1.807) is 29.9 Å². The number of hydrogen-bond donors (Lipinski definition) is 1. The average Bonchev–Trinajstić information content (AvgIpc) is 3.19. The summed E-state index contributed by atoms with van der Waals surface area (Å²) in [7, 11) is 0. The molecule has 8 nitrogen and oxygen atoms in total. The Bertz CT molecular complexity index is 1270. The molecule has 1 fully saturated rings. The summed E-state index contributed by atoms with van der Waals surface area (Å²) in [5.74, 6) is 0.318. The van der Waals surface area contributed by atoms with Gasteiger partial charge in [-0.2, -0.15) is 4.94 Å². The number of aromatic nitrogens is 4. The molecule has 3 aromatic heterocycles. The number of halogens is 1. The van der Waals surface area contributed by atoms with Gasteiger partial charge in [0.2, 0.25) is 11.5 Å². The molecule has 4 aromatic rings. The number of thiazole rings is 1. The van der Waals surface area contributed by atoms with Crippen LogP contribution in [0.5, 0.6) is 0 Å². The molecule has 0 saturated carbocycles. The van der Waals surface area contributed by atoms with Crippen molar-refractivity contribution in [1.82, 2.24) is 25.3 Å². The van der Waals surface area contributed by atoms with Crippen LogP contribution in [0, 0.1) is 6.92 Å². The predicted octanol–water partition coefficient (Wildman–Crippen LogP) is 4.39. The lowest BCUT2D eigenvalue weighted by Gasteiger charge is -2.35. The normalized spacial score (nSPS) is 14.1. The second-order valence-corrected chi connectivity index (χ2v) is 8.97. The summed E-state index contributed by atoms with van der Waals surface area (Å²) in [6, 6.07) is 9.91. The van der Waals surface area contributed by atoms with Crippen LogP contribution in [0.4, 0.5) is 4.53 Å². The quantitative estimate of drug-likeness (QED) is 0.451. The third-order valence-corrected chi connectivity index (χ3v) is 6.19. The molecule has 0 spiro atoms. The van der Waals surface area contributed by atoms with Gasteiger partial charge in [0.15, 0.2) is 5.82 Å². The molecule has 1 amide bonds. The minimum atomic E-state index is -1.19. The summed E-state index contributed by atoms with van der Waals surface area (Å²) in [6.07, 6.45) is 5.12. The highest BCUT2D eigenvalue weighted by molar-refractivity contribution is 7.19. The number of carbonyl (C=O) groups is 1. The minimum absolute atomic E-state index is 0.0394. The largest absolute Gasteiger partial charge is 0.374 e. The SMILES string of the molecule is CCNC(C)=O.Cc1nc2cc(-c3cnc(C4(OF)COC4)nc3)cc(-c3ccccn3)c2s1. The van der Waals surface area contributed by atoms with Crippen molar-refractivity contribution >= 4 is 27.5 Å². The summed E-state index contributed by atoms with van der Waals surface area (Å²) in [5, 5.41) is 3.56. The Morgan fingerprint density at radius 1 is 1.21 bits per heavy atom. The van der Waals surface area contributed by atoms with Gasteiger partial charge >= 0.3 is 0 Å². The van der Waals surface area contributed by atoms with Gasteiger partial charge in [-0.3, -0.25) is 9.78 Å². The van der Waals surface area contributed by atoms with Crippen molar-refractivity contribution in [2.75, 3.05) is 19.8 Å². The molecule has 0 bridgehead atoms. The Morgan fingerprint density at radius 2 is 1.97 bits per heavy atom. The summed E-state index contributed by atoms with van der Waals surface area (Å²) in [4.78, 5) is 31.8. The number of benzene rings is 1. The minimum Gasteiger partial charge on any atom is -0.374 e. The van der Waals surface area contributed by atoms with Crippen molar-refractivity contribution in [2.45, 2.75) is 26.4 Å². The maximum atomic E-state index is 12.9. The lowest BCUT2D eigenvalue weighted by molar-refractivity contribution is -0.327. The number of rotatable bonds is 5. The molecular formula is C24H24FN5O3S. The standard InChI is InChI=1S/C20H15FN4O2S.C4H9NO/c1-12-25-17-7-13(6-15(18(17)28-12)16-4-2-3-5-22-16)14-8-23-19(24-9-14)20(27-21)10-26-11-20;1-3-5-4(2)6/h2-9H,10-11H2,1H3;3H2,1-2H3,(H,5,6). The third-order valence-electron chi connectivity index (χ3n) is 5.17. The Hall–Kier alpha value is -3.34. The summed E-state index contributed by atoms with van der Waals surface area (Å²) in [5.41, 5.74) is 3.34. The van der Waals surface area contributed by atoms with Crippen LogP contribution in [-0.2, 0) is 20.1 Å². The maximum absolute atomic E-state index is 12.9. The van der Waals surface area contributed by atoms with Gasteiger partial charge in [0.05, 0.1) is 34.1 Å². The zero-order valence-corrected chi connectivity index (χ0v) is 19.9. The molecule has 1 saturated heterocycles. The number of nitrogens with zero attached hydrogens (tertiary/aromatic N) is 4. The second-order valence-electron chi connectivity index (χ2n) is 7.77. The molecule has 1 aliphatic heterocycles. The van der Waals surface area contributed by atoms with E-state index < -0.39 is 5.60 Å². The number of aryl methyl sites for hydroxylation is 1. The van der Waals surface area contributed by atoms with E-state index in [9.17, 15) is 9.32 Å². The first-order chi connectivity index (χ1) is 16.5. The number of nitrogens with one attached hydrogen (secondary N) is 1. The molecular weight excluding hydrogens is 457 g/mol. The van der Waals surface area contributed by atoms with E-state index in [1.165, 1.54) is 6.92 Å². The molecule has 34 heavy (non-hydrogen) atoms. The highest BCUT2D eigenvalue weighted by Gasteiger charge is 2.46. The van der Waals surface area contributed by atoms with Gasteiger partial charge in [-0.1, -0.05) is 6.07 Å². The van der Waals surface area contributed by atoms with Gasteiger partial charge in [-0.05, 0) is 48.2 Å². The molecule has 1 aliphatic rings. The fraction of sp³-hybridized carbons (Fsp3) is 0.292. The smallest absolute Gasteiger partial charge is 0.216 e. The van der Waals surface area contributed by atoms with E-state index in [1.807, 2.05) is 38.1 Å². The topological polar surface area (TPSA) is 99.1 Å². The van der Waals surface area contributed by atoms with Crippen molar-refractivity contribution < 1.29 is 19.0 Å². The number of hydrogen-bond acceptors (Lipinski definition) is 8. The number of fused-ring (bicyclic) bond motifs is 1. The lowest BCUT2D eigenvalue weighted by atomic mass is 10.0. The van der Waals surface area contributed by atoms with Gasteiger partial charge in [-0.15, -0.1) is 11.3 Å². The molecule has 0 unspecified atom stereocenters. The summed E-state index contributed by atoms with van der Waals surface area (Å²) >= 11 is 1.64. The zero-order chi connectivity index (χ0) is 24.1. The van der Waals surface area contributed by atoms with E-state index in [0.717, 1.165) is 44.2 Å². The van der Waals surface area contributed by atoms with Crippen LogP contribution in [0.25, 0.3) is 32.6 Å². The van der Waals surface area contributed by atoms with Crippen LogP contribution in [0.15, 0.2) is 48.9 Å². The molecule has 0 radical (unpaired) electrons. The third kappa shape index (κ3) is 4.93.